The van der Waals surface area contributed by atoms with Crippen LogP contribution in [0.3, 0.4) is 0 Å². The van der Waals surface area contributed by atoms with E-state index in [2.05, 4.69) is 19.9 Å². The molecule has 0 aromatic rings. The summed E-state index contributed by atoms with van der Waals surface area (Å²) in [6.07, 6.45) is 9.09. The molecule has 0 aliphatic heterocycles. The molecule has 0 heterocycles. The standard InChI is InChI=1S/C21H33NO2/c1-20-9-8-17-15(16(20)7-5-14(20)12-22)6-4-13-10-18(23)19(24-3)11-21(13,17)2/h13-19,23H,4-11H2,1-3H3. The molecule has 9 atom stereocenters. The summed E-state index contributed by atoms with van der Waals surface area (Å²) < 4.78 is 5.65. The van der Waals surface area contributed by atoms with E-state index in [-0.39, 0.29) is 23.5 Å². The minimum absolute atomic E-state index is 0.00810. The average molecular weight is 332 g/mol. The lowest BCUT2D eigenvalue weighted by Crippen LogP contribution is -2.56. The number of nitrogens with zero attached hydrogens (tertiary/aromatic N) is 1. The van der Waals surface area contributed by atoms with E-state index in [1.165, 1.54) is 32.1 Å². The molecule has 134 valence electrons. The minimum Gasteiger partial charge on any atom is -0.390 e. The number of hydrogen-bond donors (Lipinski definition) is 1. The molecule has 3 heteroatoms. The van der Waals surface area contributed by atoms with E-state index >= 15 is 0 Å². The molecule has 4 saturated carbocycles. The highest BCUT2D eigenvalue weighted by Gasteiger charge is 2.61. The van der Waals surface area contributed by atoms with Crippen LogP contribution in [0.5, 0.6) is 0 Å². The van der Waals surface area contributed by atoms with Crippen molar-refractivity contribution in [2.75, 3.05) is 7.11 Å². The Labute approximate surface area is 146 Å². The highest BCUT2D eigenvalue weighted by atomic mass is 16.5. The second-order valence-corrected chi connectivity index (χ2v) is 9.74. The van der Waals surface area contributed by atoms with E-state index in [1.54, 1.807) is 7.11 Å². The molecule has 9 unspecified atom stereocenters. The Morgan fingerprint density at radius 1 is 1.04 bits per heavy atom. The molecule has 1 N–H and O–H groups in total. The lowest BCUT2D eigenvalue weighted by atomic mass is 9.44. The van der Waals surface area contributed by atoms with Gasteiger partial charge in [-0.2, -0.15) is 5.26 Å². The predicted molar refractivity (Wildman–Crippen MR) is 93.0 cm³/mol. The second-order valence-electron chi connectivity index (χ2n) is 9.74. The van der Waals surface area contributed by atoms with E-state index in [0.29, 0.717) is 11.3 Å². The first kappa shape index (κ1) is 16.9. The van der Waals surface area contributed by atoms with Gasteiger partial charge in [-0.05, 0) is 85.9 Å². The normalized spacial score (nSPS) is 56.7. The van der Waals surface area contributed by atoms with Gasteiger partial charge in [0.2, 0.25) is 0 Å². The zero-order chi connectivity index (χ0) is 17.1. The zero-order valence-electron chi connectivity index (χ0n) is 15.5. The number of methoxy groups -OCH3 is 1. The maximum Gasteiger partial charge on any atom is 0.0835 e. The Kier molecular flexibility index (Phi) is 4.01. The Hall–Kier alpha value is -0.590. The highest BCUT2D eigenvalue weighted by molar-refractivity contribution is 5.13. The molecular weight excluding hydrogens is 298 g/mol. The maximum absolute atomic E-state index is 10.4. The third kappa shape index (κ3) is 2.15. The number of ether oxygens (including phenoxy) is 1. The van der Waals surface area contributed by atoms with E-state index in [1.807, 2.05) is 0 Å². The van der Waals surface area contributed by atoms with Crippen molar-refractivity contribution in [3.8, 4) is 6.07 Å². The highest BCUT2D eigenvalue weighted by Crippen LogP contribution is 2.67. The van der Waals surface area contributed by atoms with Crippen molar-refractivity contribution in [1.82, 2.24) is 0 Å². The van der Waals surface area contributed by atoms with E-state index in [4.69, 9.17) is 4.74 Å². The smallest absolute Gasteiger partial charge is 0.0835 e. The third-order valence-corrected chi connectivity index (χ3v) is 9.12. The number of aliphatic hydroxyl groups is 1. The fourth-order valence-electron chi connectivity index (χ4n) is 7.71. The van der Waals surface area contributed by atoms with Crippen LogP contribution >= 0.6 is 0 Å². The van der Waals surface area contributed by atoms with Crippen molar-refractivity contribution in [1.29, 1.82) is 5.26 Å². The van der Waals surface area contributed by atoms with Crippen LogP contribution in [0.2, 0.25) is 0 Å². The van der Waals surface area contributed by atoms with Gasteiger partial charge in [0.05, 0.1) is 24.2 Å². The quantitative estimate of drug-likeness (QED) is 0.785. The number of rotatable bonds is 1. The van der Waals surface area contributed by atoms with Crippen LogP contribution in [0.4, 0.5) is 0 Å². The van der Waals surface area contributed by atoms with Crippen LogP contribution in [0.25, 0.3) is 0 Å². The number of hydrogen-bond acceptors (Lipinski definition) is 3. The van der Waals surface area contributed by atoms with Gasteiger partial charge in [0, 0.05) is 7.11 Å². The lowest BCUT2D eigenvalue weighted by Gasteiger charge is -2.61. The summed E-state index contributed by atoms with van der Waals surface area (Å²) in [6.45, 7) is 4.90. The molecule has 4 aliphatic rings. The van der Waals surface area contributed by atoms with Gasteiger partial charge in [-0.25, -0.2) is 0 Å². The SMILES string of the molecule is COC1CC2(C)C(CCC3C4CCC(C#N)C4(C)CCC32)CC1O. The average Bonchev–Trinajstić information content (AvgIpc) is 2.91. The Morgan fingerprint density at radius 3 is 2.50 bits per heavy atom. The van der Waals surface area contributed by atoms with Gasteiger partial charge in [-0.15, -0.1) is 0 Å². The topological polar surface area (TPSA) is 53.2 Å². The lowest BCUT2D eigenvalue weighted by molar-refractivity contribution is -0.164. The first-order valence-electron chi connectivity index (χ1n) is 10.0. The monoisotopic (exact) mass is 331 g/mol. The van der Waals surface area contributed by atoms with E-state index < -0.39 is 0 Å². The molecule has 24 heavy (non-hydrogen) atoms. The van der Waals surface area contributed by atoms with Gasteiger partial charge < -0.3 is 9.84 Å². The Bertz CT molecular complexity index is 542. The fraction of sp³-hybridized carbons (Fsp3) is 0.952. The van der Waals surface area contributed by atoms with Gasteiger partial charge in [-0.3, -0.25) is 0 Å². The molecule has 0 bridgehead atoms. The summed E-state index contributed by atoms with van der Waals surface area (Å²) in [7, 11) is 1.75. The fourth-order valence-corrected chi connectivity index (χ4v) is 7.71. The molecule has 0 saturated heterocycles. The summed E-state index contributed by atoms with van der Waals surface area (Å²) in [5.74, 6) is 3.21. The molecule has 4 fully saturated rings. The van der Waals surface area contributed by atoms with Crippen molar-refractivity contribution in [3.05, 3.63) is 0 Å². The molecule has 0 radical (unpaired) electrons. The Balaban J connectivity index is 1.62. The minimum atomic E-state index is -0.284. The zero-order valence-corrected chi connectivity index (χ0v) is 15.5. The van der Waals surface area contributed by atoms with Crippen molar-refractivity contribution >= 4 is 0 Å². The van der Waals surface area contributed by atoms with E-state index in [9.17, 15) is 10.4 Å². The van der Waals surface area contributed by atoms with Crippen LogP contribution in [0, 0.1) is 51.8 Å². The third-order valence-electron chi connectivity index (χ3n) is 9.12. The molecule has 3 nitrogen and oxygen atoms in total. The Morgan fingerprint density at radius 2 is 1.79 bits per heavy atom. The molecule has 4 rings (SSSR count). The van der Waals surface area contributed by atoms with Crippen LogP contribution in [0.1, 0.15) is 65.2 Å². The van der Waals surface area contributed by atoms with Crippen LogP contribution < -0.4 is 0 Å². The first-order chi connectivity index (χ1) is 11.4. The summed E-state index contributed by atoms with van der Waals surface area (Å²) in [4.78, 5) is 0. The second kappa shape index (κ2) is 5.71. The summed E-state index contributed by atoms with van der Waals surface area (Å²) in [5.41, 5.74) is 0.572. The molecule has 0 spiro atoms. The molecule has 4 aliphatic carbocycles. The van der Waals surface area contributed by atoms with Crippen molar-refractivity contribution in [2.24, 2.45) is 40.4 Å². The number of aliphatic hydroxyl groups excluding tert-OH is 1. The molecule has 0 amide bonds. The molecular formula is C21H33NO2. The van der Waals surface area contributed by atoms with Gasteiger partial charge in [-0.1, -0.05) is 13.8 Å². The number of nitriles is 1. The summed E-state index contributed by atoms with van der Waals surface area (Å²) in [5, 5.41) is 20.0. The van der Waals surface area contributed by atoms with Crippen molar-refractivity contribution in [3.63, 3.8) is 0 Å². The van der Waals surface area contributed by atoms with Gasteiger partial charge >= 0.3 is 0 Å². The number of fused-ring (bicyclic) bond motifs is 5. The predicted octanol–water partition coefficient (Wildman–Crippen LogP) is 4.15. The molecule has 0 aromatic carbocycles. The van der Waals surface area contributed by atoms with Crippen LogP contribution in [-0.2, 0) is 4.74 Å². The van der Waals surface area contributed by atoms with Gasteiger partial charge in [0.1, 0.15) is 0 Å². The van der Waals surface area contributed by atoms with Crippen LogP contribution in [0.15, 0.2) is 0 Å². The largest absolute Gasteiger partial charge is 0.390 e. The van der Waals surface area contributed by atoms with E-state index in [0.717, 1.165) is 37.0 Å². The van der Waals surface area contributed by atoms with Gasteiger partial charge in [0.25, 0.3) is 0 Å². The maximum atomic E-state index is 10.4. The summed E-state index contributed by atoms with van der Waals surface area (Å²) >= 11 is 0. The van der Waals surface area contributed by atoms with Crippen molar-refractivity contribution < 1.29 is 9.84 Å². The first-order valence-corrected chi connectivity index (χ1v) is 10.0. The van der Waals surface area contributed by atoms with Gasteiger partial charge in [0.15, 0.2) is 0 Å². The van der Waals surface area contributed by atoms with Crippen LogP contribution in [-0.4, -0.2) is 24.4 Å². The van der Waals surface area contributed by atoms with Crippen molar-refractivity contribution in [2.45, 2.75) is 77.4 Å². The summed E-state index contributed by atoms with van der Waals surface area (Å²) in [6, 6.07) is 2.63. The molecule has 0 aromatic heterocycles.